The summed E-state index contributed by atoms with van der Waals surface area (Å²) in [6.45, 7) is 3.02. The maximum atomic E-state index is 11.1. The molecule has 4 nitrogen and oxygen atoms in total. The molecular weight excluding hydrogens is 166 g/mol. The fraction of sp³-hybridized carbons (Fsp3) is 0.667. The number of primary amides is 1. The van der Waals surface area contributed by atoms with Crippen molar-refractivity contribution in [3.8, 4) is 0 Å². The first-order chi connectivity index (χ1) is 6.16. The van der Waals surface area contributed by atoms with Crippen LogP contribution in [0.1, 0.15) is 19.8 Å². The first kappa shape index (κ1) is 9.89. The molecule has 0 radical (unpaired) electrons. The molecule has 0 aromatic rings. The van der Waals surface area contributed by atoms with Crippen LogP contribution in [0.4, 0.5) is 0 Å². The van der Waals surface area contributed by atoms with E-state index in [1.165, 1.54) is 0 Å². The lowest BCUT2D eigenvalue weighted by molar-refractivity contribution is -0.125. The number of carbonyl (C=O) groups is 1. The molecular formula is C9H17N3O. The summed E-state index contributed by atoms with van der Waals surface area (Å²) in [5, 5.41) is 0. The molecule has 0 aliphatic carbocycles. The third-order valence-corrected chi connectivity index (χ3v) is 2.22. The zero-order valence-corrected chi connectivity index (χ0v) is 8.23. The third-order valence-electron chi connectivity index (χ3n) is 2.22. The van der Waals surface area contributed by atoms with Crippen molar-refractivity contribution in [1.29, 1.82) is 0 Å². The van der Waals surface area contributed by atoms with E-state index in [1.807, 2.05) is 29.2 Å². The van der Waals surface area contributed by atoms with E-state index in [0.717, 1.165) is 19.4 Å². The molecule has 0 saturated carbocycles. The topological polar surface area (TPSA) is 49.6 Å². The highest BCUT2D eigenvalue weighted by atomic mass is 16.2. The van der Waals surface area contributed by atoms with E-state index in [9.17, 15) is 4.79 Å². The quantitative estimate of drug-likeness (QED) is 0.682. The van der Waals surface area contributed by atoms with Crippen LogP contribution in [0.2, 0.25) is 0 Å². The van der Waals surface area contributed by atoms with Gasteiger partial charge in [0.25, 0.3) is 5.91 Å². The Morgan fingerprint density at radius 1 is 1.54 bits per heavy atom. The second kappa shape index (κ2) is 4.16. The summed E-state index contributed by atoms with van der Waals surface area (Å²) in [7, 11) is 1.86. The zero-order valence-electron chi connectivity index (χ0n) is 8.23. The van der Waals surface area contributed by atoms with Crippen molar-refractivity contribution in [3.63, 3.8) is 0 Å². The molecule has 2 N–H and O–H groups in total. The molecule has 74 valence electrons. The largest absolute Gasteiger partial charge is 0.366 e. The van der Waals surface area contributed by atoms with Crippen molar-refractivity contribution in [2.24, 2.45) is 5.73 Å². The molecule has 0 fully saturated rings. The number of amides is 1. The number of likely N-dealkylation sites (N-methyl/N-ethyl adjacent to an activating group) is 1. The molecule has 0 saturated heterocycles. The standard InChI is InChI=1S/C9H17N3O/c1-3-4-5-12-7-6-11(2)9(12)8(10)13/h6-7,9H,3-5H2,1-2H3,(H2,10,13). The summed E-state index contributed by atoms with van der Waals surface area (Å²) < 4.78 is 0. The third kappa shape index (κ3) is 2.14. The van der Waals surface area contributed by atoms with Crippen LogP contribution in [0.3, 0.4) is 0 Å². The number of carbonyl (C=O) groups excluding carboxylic acids is 1. The van der Waals surface area contributed by atoms with Crippen LogP contribution in [0, 0.1) is 0 Å². The summed E-state index contributed by atoms with van der Waals surface area (Å²) in [5.74, 6) is -0.288. The minimum Gasteiger partial charge on any atom is -0.366 e. The number of nitrogens with two attached hydrogens (primary N) is 1. The maximum Gasteiger partial charge on any atom is 0.261 e. The van der Waals surface area contributed by atoms with Gasteiger partial charge in [0, 0.05) is 26.0 Å². The van der Waals surface area contributed by atoms with Gasteiger partial charge in [-0.3, -0.25) is 4.79 Å². The Morgan fingerprint density at radius 3 is 2.77 bits per heavy atom. The van der Waals surface area contributed by atoms with Gasteiger partial charge >= 0.3 is 0 Å². The van der Waals surface area contributed by atoms with Crippen LogP contribution in [0.15, 0.2) is 12.4 Å². The Morgan fingerprint density at radius 2 is 2.23 bits per heavy atom. The van der Waals surface area contributed by atoms with Crippen molar-refractivity contribution in [2.75, 3.05) is 13.6 Å². The van der Waals surface area contributed by atoms with Gasteiger partial charge in [0.05, 0.1) is 0 Å². The summed E-state index contributed by atoms with van der Waals surface area (Å²) >= 11 is 0. The number of hydrogen-bond acceptors (Lipinski definition) is 3. The Hall–Kier alpha value is -1.19. The van der Waals surface area contributed by atoms with E-state index in [4.69, 9.17) is 5.73 Å². The van der Waals surface area contributed by atoms with E-state index >= 15 is 0 Å². The molecule has 13 heavy (non-hydrogen) atoms. The van der Waals surface area contributed by atoms with Crippen LogP contribution in [0.5, 0.6) is 0 Å². The lowest BCUT2D eigenvalue weighted by atomic mass is 10.3. The fourth-order valence-corrected chi connectivity index (χ4v) is 1.49. The van der Waals surface area contributed by atoms with Gasteiger partial charge in [-0.15, -0.1) is 0 Å². The lowest BCUT2D eigenvalue weighted by Gasteiger charge is -2.27. The SMILES string of the molecule is CCCCN1C=CN(C)C1C(N)=O. The van der Waals surface area contributed by atoms with E-state index in [0.29, 0.717) is 0 Å². The molecule has 0 spiro atoms. The van der Waals surface area contributed by atoms with Crippen molar-refractivity contribution in [1.82, 2.24) is 9.80 Å². The highest BCUT2D eigenvalue weighted by molar-refractivity contribution is 5.80. The number of hydrogen-bond donors (Lipinski definition) is 1. The van der Waals surface area contributed by atoms with Gasteiger partial charge in [-0.1, -0.05) is 13.3 Å². The molecule has 1 amide bonds. The van der Waals surface area contributed by atoms with Crippen LogP contribution in [-0.4, -0.2) is 35.5 Å². The Bertz CT molecular complexity index is 215. The van der Waals surface area contributed by atoms with Gasteiger partial charge < -0.3 is 15.5 Å². The highest BCUT2D eigenvalue weighted by Gasteiger charge is 2.27. The zero-order chi connectivity index (χ0) is 9.84. The monoisotopic (exact) mass is 183 g/mol. The predicted molar refractivity (Wildman–Crippen MR) is 51.5 cm³/mol. The summed E-state index contributed by atoms with van der Waals surface area (Å²) in [5.41, 5.74) is 5.29. The molecule has 1 aliphatic heterocycles. The summed E-state index contributed by atoms with van der Waals surface area (Å²) in [6, 6.07) is 0. The molecule has 1 aliphatic rings. The van der Waals surface area contributed by atoms with Gasteiger partial charge in [-0.2, -0.15) is 0 Å². The van der Waals surface area contributed by atoms with Crippen molar-refractivity contribution < 1.29 is 4.79 Å². The van der Waals surface area contributed by atoms with E-state index < -0.39 is 0 Å². The first-order valence-electron chi connectivity index (χ1n) is 4.62. The molecule has 0 aromatic heterocycles. The van der Waals surface area contributed by atoms with Gasteiger partial charge in [0.15, 0.2) is 6.17 Å². The Balaban J connectivity index is 2.53. The lowest BCUT2D eigenvalue weighted by Crippen LogP contribution is -2.47. The van der Waals surface area contributed by atoms with Gasteiger partial charge in [-0.05, 0) is 6.42 Å². The molecule has 4 heteroatoms. The van der Waals surface area contributed by atoms with E-state index in [-0.39, 0.29) is 12.1 Å². The molecule has 1 unspecified atom stereocenters. The number of unbranched alkanes of at least 4 members (excludes halogenated alkanes) is 1. The summed E-state index contributed by atoms with van der Waals surface area (Å²) in [6.07, 6.45) is 5.73. The van der Waals surface area contributed by atoms with Crippen molar-refractivity contribution in [3.05, 3.63) is 12.4 Å². The Labute approximate surface area is 79.0 Å². The van der Waals surface area contributed by atoms with Crippen LogP contribution in [0.25, 0.3) is 0 Å². The molecule has 1 rings (SSSR count). The number of nitrogens with zero attached hydrogens (tertiary/aromatic N) is 2. The van der Waals surface area contributed by atoms with Crippen LogP contribution in [-0.2, 0) is 4.79 Å². The fourth-order valence-electron chi connectivity index (χ4n) is 1.49. The van der Waals surface area contributed by atoms with Crippen LogP contribution < -0.4 is 5.73 Å². The minimum absolute atomic E-state index is 0.286. The molecule has 1 heterocycles. The van der Waals surface area contributed by atoms with E-state index in [2.05, 4.69) is 6.92 Å². The van der Waals surface area contributed by atoms with E-state index in [1.54, 1.807) is 0 Å². The smallest absolute Gasteiger partial charge is 0.261 e. The first-order valence-corrected chi connectivity index (χ1v) is 4.62. The predicted octanol–water partition coefficient (Wildman–Crippen LogP) is 0.317. The van der Waals surface area contributed by atoms with Gasteiger partial charge in [0.1, 0.15) is 0 Å². The van der Waals surface area contributed by atoms with Gasteiger partial charge in [-0.25, -0.2) is 0 Å². The normalized spacial score (nSPS) is 21.2. The van der Waals surface area contributed by atoms with Crippen LogP contribution >= 0.6 is 0 Å². The van der Waals surface area contributed by atoms with Crippen molar-refractivity contribution in [2.45, 2.75) is 25.9 Å². The van der Waals surface area contributed by atoms with Crippen molar-refractivity contribution >= 4 is 5.91 Å². The molecule has 1 atom stereocenters. The Kier molecular flexibility index (Phi) is 3.17. The number of rotatable bonds is 4. The summed E-state index contributed by atoms with van der Waals surface area (Å²) in [4.78, 5) is 14.9. The second-order valence-electron chi connectivity index (χ2n) is 3.33. The van der Waals surface area contributed by atoms with Gasteiger partial charge in [0.2, 0.25) is 0 Å². The maximum absolute atomic E-state index is 11.1. The highest BCUT2D eigenvalue weighted by Crippen LogP contribution is 2.13. The molecule has 0 bridgehead atoms. The minimum atomic E-state index is -0.288. The average Bonchev–Trinajstić information content (AvgIpc) is 2.43. The average molecular weight is 183 g/mol. The second-order valence-corrected chi connectivity index (χ2v) is 3.33. The molecule has 0 aromatic carbocycles.